The monoisotopic (exact) mass is 305 g/mol. The molecule has 4 nitrogen and oxygen atoms in total. The molecule has 1 rings (SSSR count). The second-order valence-electron chi connectivity index (χ2n) is 5.72. The van der Waals surface area contributed by atoms with Gasteiger partial charge in [0.25, 0.3) is 0 Å². The number of carbonyl (C=O) groups excluding carboxylic acids is 1. The van der Waals surface area contributed by atoms with E-state index in [1.165, 1.54) is 12.8 Å². The zero-order chi connectivity index (χ0) is 16.2. The number of rotatable bonds is 11. The summed E-state index contributed by atoms with van der Waals surface area (Å²) in [7, 11) is 0. The Morgan fingerprint density at radius 2 is 1.77 bits per heavy atom. The van der Waals surface area contributed by atoms with Crippen LogP contribution in [-0.2, 0) is 16.0 Å². The van der Waals surface area contributed by atoms with Gasteiger partial charge in [-0.1, -0.05) is 62.9 Å². The number of hydrogen-bond donors (Lipinski definition) is 2. The normalized spacial score (nSPS) is 11.9. The van der Waals surface area contributed by atoms with Gasteiger partial charge >= 0.3 is 5.97 Å². The molecule has 1 amide bonds. The first-order chi connectivity index (χ1) is 10.6. The first kappa shape index (κ1) is 18.2. The highest BCUT2D eigenvalue weighted by atomic mass is 16.4. The van der Waals surface area contributed by atoms with Crippen LogP contribution in [0.4, 0.5) is 0 Å². The van der Waals surface area contributed by atoms with Crippen molar-refractivity contribution in [1.82, 2.24) is 5.32 Å². The largest absolute Gasteiger partial charge is 0.481 e. The quantitative estimate of drug-likeness (QED) is 0.614. The number of carbonyl (C=O) groups is 2. The van der Waals surface area contributed by atoms with E-state index in [0.717, 1.165) is 24.8 Å². The van der Waals surface area contributed by atoms with Crippen molar-refractivity contribution >= 4 is 11.9 Å². The molecule has 1 aromatic carbocycles. The predicted molar refractivity (Wildman–Crippen MR) is 87.7 cm³/mol. The predicted octanol–water partition coefficient (Wildman–Crippen LogP) is 3.55. The van der Waals surface area contributed by atoms with E-state index in [2.05, 4.69) is 12.2 Å². The number of aliphatic carboxylic acids is 1. The van der Waals surface area contributed by atoms with Crippen molar-refractivity contribution < 1.29 is 14.7 Å². The molecule has 1 atom stereocenters. The van der Waals surface area contributed by atoms with Crippen molar-refractivity contribution in [3.63, 3.8) is 0 Å². The van der Waals surface area contributed by atoms with Crippen LogP contribution in [0.25, 0.3) is 0 Å². The van der Waals surface area contributed by atoms with Crippen molar-refractivity contribution in [2.45, 2.75) is 64.3 Å². The van der Waals surface area contributed by atoms with E-state index in [-0.39, 0.29) is 18.4 Å². The molecule has 0 bridgehead atoms. The molecule has 1 aromatic rings. The Bertz CT molecular complexity index is 445. The van der Waals surface area contributed by atoms with Gasteiger partial charge < -0.3 is 10.4 Å². The molecule has 2 N–H and O–H groups in total. The molecule has 0 fully saturated rings. The van der Waals surface area contributed by atoms with E-state index in [4.69, 9.17) is 5.11 Å². The first-order valence-electron chi connectivity index (χ1n) is 8.17. The molecule has 0 aromatic heterocycles. The molecule has 122 valence electrons. The van der Waals surface area contributed by atoms with Gasteiger partial charge in [0.1, 0.15) is 0 Å². The highest BCUT2D eigenvalue weighted by Crippen LogP contribution is 2.08. The fourth-order valence-electron chi connectivity index (χ4n) is 2.47. The molecule has 0 saturated carbocycles. The third-order valence-electron chi connectivity index (χ3n) is 3.62. The summed E-state index contributed by atoms with van der Waals surface area (Å²) in [5.74, 6) is -0.928. The van der Waals surface area contributed by atoms with E-state index in [1.54, 1.807) is 0 Å². The third-order valence-corrected chi connectivity index (χ3v) is 3.62. The number of hydrogen-bond acceptors (Lipinski definition) is 2. The Morgan fingerprint density at radius 1 is 1.09 bits per heavy atom. The average Bonchev–Trinajstić information content (AvgIpc) is 2.47. The standard InChI is InChI=1S/C18H27NO3/c1-2-3-4-5-9-12-17(20)19-16(14-18(21)22)13-15-10-7-6-8-11-15/h6-8,10-11,16H,2-5,9,12-14H2,1H3,(H,19,20)(H,21,22). The van der Waals surface area contributed by atoms with Crippen molar-refractivity contribution in [3.05, 3.63) is 35.9 Å². The molecule has 0 saturated heterocycles. The summed E-state index contributed by atoms with van der Waals surface area (Å²) in [5.41, 5.74) is 1.04. The average molecular weight is 305 g/mol. The van der Waals surface area contributed by atoms with Crippen molar-refractivity contribution in [1.29, 1.82) is 0 Å². The van der Waals surface area contributed by atoms with E-state index < -0.39 is 5.97 Å². The maximum atomic E-state index is 12.0. The van der Waals surface area contributed by atoms with Crippen LogP contribution >= 0.6 is 0 Å². The van der Waals surface area contributed by atoms with Crippen LogP contribution in [-0.4, -0.2) is 23.0 Å². The van der Waals surface area contributed by atoms with Gasteiger partial charge in [0, 0.05) is 12.5 Å². The molecule has 1 unspecified atom stereocenters. The lowest BCUT2D eigenvalue weighted by atomic mass is 10.0. The van der Waals surface area contributed by atoms with Crippen LogP contribution < -0.4 is 5.32 Å². The summed E-state index contributed by atoms with van der Waals surface area (Å²) in [6.07, 6.45) is 6.47. The lowest BCUT2D eigenvalue weighted by Crippen LogP contribution is -2.38. The van der Waals surface area contributed by atoms with E-state index in [9.17, 15) is 9.59 Å². The van der Waals surface area contributed by atoms with E-state index in [1.807, 2.05) is 30.3 Å². The molecule has 22 heavy (non-hydrogen) atoms. The molecular weight excluding hydrogens is 278 g/mol. The van der Waals surface area contributed by atoms with Crippen LogP contribution in [0, 0.1) is 0 Å². The summed E-state index contributed by atoms with van der Waals surface area (Å²) in [6.45, 7) is 2.16. The summed E-state index contributed by atoms with van der Waals surface area (Å²) in [5, 5.41) is 11.9. The zero-order valence-corrected chi connectivity index (χ0v) is 13.4. The SMILES string of the molecule is CCCCCCCC(=O)NC(CC(=O)O)Cc1ccccc1. The highest BCUT2D eigenvalue weighted by molar-refractivity contribution is 5.77. The third kappa shape index (κ3) is 8.45. The van der Waals surface area contributed by atoms with Gasteiger partial charge in [-0.05, 0) is 18.4 Å². The second-order valence-corrected chi connectivity index (χ2v) is 5.72. The Balaban J connectivity index is 2.40. The zero-order valence-electron chi connectivity index (χ0n) is 13.4. The number of unbranched alkanes of at least 4 members (excludes halogenated alkanes) is 4. The molecule has 0 aliphatic rings. The van der Waals surface area contributed by atoms with Gasteiger partial charge in [0.15, 0.2) is 0 Å². The summed E-state index contributed by atoms with van der Waals surface area (Å²) in [6, 6.07) is 9.32. The van der Waals surface area contributed by atoms with Crippen molar-refractivity contribution in [2.75, 3.05) is 0 Å². The smallest absolute Gasteiger partial charge is 0.305 e. The lowest BCUT2D eigenvalue weighted by molar-refractivity contribution is -0.137. The molecule has 4 heteroatoms. The fourth-order valence-corrected chi connectivity index (χ4v) is 2.47. The maximum Gasteiger partial charge on any atom is 0.305 e. The van der Waals surface area contributed by atoms with Crippen LogP contribution in [0.5, 0.6) is 0 Å². The van der Waals surface area contributed by atoms with Gasteiger partial charge in [-0.3, -0.25) is 9.59 Å². The van der Waals surface area contributed by atoms with Gasteiger partial charge in [0.2, 0.25) is 5.91 Å². The van der Waals surface area contributed by atoms with Crippen LogP contribution in [0.15, 0.2) is 30.3 Å². The summed E-state index contributed by atoms with van der Waals surface area (Å²) in [4.78, 5) is 22.9. The van der Waals surface area contributed by atoms with Crippen LogP contribution in [0.3, 0.4) is 0 Å². The van der Waals surface area contributed by atoms with Crippen molar-refractivity contribution in [3.8, 4) is 0 Å². The molecule has 0 radical (unpaired) electrons. The van der Waals surface area contributed by atoms with Gasteiger partial charge in [0.05, 0.1) is 6.42 Å². The van der Waals surface area contributed by atoms with Crippen LogP contribution in [0.2, 0.25) is 0 Å². The first-order valence-corrected chi connectivity index (χ1v) is 8.17. The summed E-state index contributed by atoms with van der Waals surface area (Å²) >= 11 is 0. The lowest BCUT2D eigenvalue weighted by Gasteiger charge is -2.17. The van der Waals surface area contributed by atoms with E-state index in [0.29, 0.717) is 12.8 Å². The van der Waals surface area contributed by atoms with E-state index >= 15 is 0 Å². The maximum absolute atomic E-state index is 12.0. The molecule has 0 aliphatic heterocycles. The number of carboxylic acid groups (broad SMARTS) is 1. The minimum absolute atomic E-state index is 0.0429. The molecule has 0 aliphatic carbocycles. The summed E-state index contributed by atoms with van der Waals surface area (Å²) < 4.78 is 0. The van der Waals surface area contributed by atoms with Gasteiger partial charge in [-0.2, -0.15) is 0 Å². The number of carboxylic acids is 1. The number of benzene rings is 1. The fraction of sp³-hybridized carbons (Fsp3) is 0.556. The highest BCUT2D eigenvalue weighted by Gasteiger charge is 2.16. The Labute approximate surface area is 132 Å². The number of amides is 1. The Morgan fingerprint density at radius 3 is 2.41 bits per heavy atom. The minimum Gasteiger partial charge on any atom is -0.481 e. The molecule has 0 spiro atoms. The minimum atomic E-state index is -0.885. The van der Waals surface area contributed by atoms with Crippen molar-refractivity contribution in [2.24, 2.45) is 0 Å². The topological polar surface area (TPSA) is 66.4 Å². The van der Waals surface area contributed by atoms with Gasteiger partial charge in [-0.15, -0.1) is 0 Å². The second kappa shape index (κ2) is 10.8. The Hall–Kier alpha value is -1.84. The molecular formula is C18H27NO3. The Kier molecular flexibility index (Phi) is 8.96. The van der Waals surface area contributed by atoms with Crippen LogP contribution in [0.1, 0.15) is 57.4 Å². The number of nitrogens with one attached hydrogen (secondary N) is 1. The molecule has 0 heterocycles. The van der Waals surface area contributed by atoms with Gasteiger partial charge in [-0.25, -0.2) is 0 Å².